The Bertz CT molecular complexity index is 665. The first-order chi connectivity index (χ1) is 14.3. The number of carboxylic acids is 1. The Hall–Kier alpha value is -2.97. The summed E-state index contributed by atoms with van der Waals surface area (Å²) in [7, 11) is 0. The van der Waals surface area contributed by atoms with Crippen molar-refractivity contribution in [2.75, 3.05) is 6.54 Å². The Morgan fingerprint density at radius 1 is 0.871 bits per heavy atom. The third-order valence-corrected chi connectivity index (χ3v) is 4.16. The summed E-state index contributed by atoms with van der Waals surface area (Å²) in [6.07, 6.45) is -2.17. The second-order valence-electron chi connectivity index (χ2n) is 7.08. The van der Waals surface area contributed by atoms with Crippen LogP contribution >= 0.6 is 0 Å². The van der Waals surface area contributed by atoms with Gasteiger partial charge in [-0.15, -0.1) is 0 Å². The number of nitrogens with two attached hydrogens (primary N) is 3. The number of rotatable bonds is 13. The smallest absolute Gasteiger partial charge is 0.325 e. The molecule has 178 valence electrons. The molecule has 14 nitrogen and oxygen atoms in total. The average molecular weight is 447 g/mol. The van der Waals surface area contributed by atoms with E-state index < -0.39 is 60.1 Å². The molecule has 0 aromatic heterocycles. The van der Waals surface area contributed by atoms with Crippen molar-refractivity contribution in [1.82, 2.24) is 16.0 Å². The van der Waals surface area contributed by atoms with Gasteiger partial charge in [-0.05, 0) is 33.6 Å². The van der Waals surface area contributed by atoms with Gasteiger partial charge in [0.2, 0.25) is 17.7 Å². The molecule has 0 aliphatic rings. The van der Waals surface area contributed by atoms with E-state index in [0.29, 0.717) is 6.42 Å². The molecule has 6 unspecified atom stereocenters. The number of aliphatic carboxylic acids is 1. The van der Waals surface area contributed by atoms with Gasteiger partial charge in [-0.1, -0.05) is 0 Å². The number of nitrogens with one attached hydrogen (secondary N) is 3. The van der Waals surface area contributed by atoms with Gasteiger partial charge < -0.3 is 48.5 Å². The molecule has 0 saturated carbocycles. The SMILES string of the molecule is CC(NC(=O)C(NC(=O)C(NC(=O)C(N)CCCN=C(N)N)C(C)O)C(C)O)C(=O)O. The van der Waals surface area contributed by atoms with Crippen molar-refractivity contribution >= 4 is 29.7 Å². The number of hydrogen-bond donors (Lipinski definition) is 9. The van der Waals surface area contributed by atoms with Crippen molar-refractivity contribution in [2.24, 2.45) is 22.2 Å². The zero-order valence-corrected chi connectivity index (χ0v) is 17.7. The molecule has 31 heavy (non-hydrogen) atoms. The van der Waals surface area contributed by atoms with Crippen molar-refractivity contribution < 1.29 is 34.5 Å². The van der Waals surface area contributed by atoms with E-state index in [2.05, 4.69) is 20.9 Å². The van der Waals surface area contributed by atoms with Gasteiger partial charge >= 0.3 is 5.97 Å². The van der Waals surface area contributed by atoms with Crippen LogP contribution in [0.3, 0.4) is 0 Å². The Morgan fingerprint density at radius 2 is 1.32 bits per heavy atom. The molecule has 0 aliphatic carbocycles. The maximum absolute atomic E-state index is 12.5. The predicted octanol–water partition coefficient (Wildman–Crippen LogP) is -4.31. The lowest BCUT2D eigenvalue weighted by Gasteiger charge is -2.27. The topological polar surface area (TPSA) is 255 Å². The van der Waals surface area contributed by atoms with Gasteiger partial charge in [-0.3, -0.25) is 24.2 Å². The first kappa shape index (κ1) is 28.0. The number of guanidine groups is 1. The molecular formula is C17H33N7O7. The Kier molecular flexibility index (Phi) is 12.1. The summed E-state index contributed by atoms with van der Waals surface area (Å²) in [6, 6.07) is -5.30. The Labute approximate surface area is 179 Å². The molecule has 0 spiro atoms. The quantitative estimate of drug-likeness (QED) is 0.0745. The predicted molar refractivity (Wildman–Crippen MR) is 110 cm³/mol. The number of nitrogens with zero attached hydrogens (tertiary/aromatic N) is 1. The van der Waals surface area contributed by atoms with Crippen LogP contribution in [0.1, 0.15) is 33.6 Å². The first-order valence-corrected chi connectivity index (χ1v) is 9.58. The van der Waals surface area contributed by atoms with E-state index in [4.69, 9.17) is 22.3 Å². The zero-order chi connectivity index (χ0) is 24.3. The standard InChI is InChI=1S/C17H33N7O7/c1-7(16(30)31)22-14(28)11(8(2)25)24-15(29)12(9(3)26)23-13(27)10(18)5-4-6-21-17(19)20/h7-12,25-26H,4-6,18H2,1-3H3,(H,22,28)(H,23,27)(H,24,29)(H,30,31)(H4,19,20,21). The lowest BCUT2D eigenvalue weighted by atomic mass is 10.1. The number of carbonyl (C=O) groups is 4. The molecule has 0 fully saturated rings. The molecule has 3 amide bonds. The Morgan fingerprint density at radius 3 is 1.74 bits per heavy atom. The molecule has 12 N–H and O–H groups in total. The van der Waals surface area contributed by atoms with Gasteiger partial charge in [0.25, 0.3) is 0 Å². The number of carboxylic acid groups (broad SMARTS) is 1. The van der Waals surface area contributed by atoms with Crippen LogP contribution in [0.15, 0.2) is 4.99 Å². The van der Waals surface area contributed by atoms with Gasteiger partial charge in [-0.25, -0.2) is 0 Å². The van der Waals surface area contributed by atoms with E-state index in [1.165, 1.54) is 20.8 Å². The van der Waals surface area contributed by atoms with Crippen molar-refractivity contribution in [2.45, 2.75) is 70.0 Å². The van der Waals surface area contributed by atoms with Crippen LogP contribution in [0.4, 0.5) is 0 Å². The molecule has 0 aliphatic heterocycles. The summed E-state index contributed by atoms with van der Waals surface area (Å²) in [6.45, 7) is 3.90. The molecule has 6 atom stereocenters. The summed E-state index contributed by atoms with van der Waals surface area (Å²) in [5.41, 5.74) is 16.2. The third-order valence-electron chi connectivity index (χ3n) is 4.16. The largest absolute Gasteiger partial charge is 0.480 e. The normalized spacial score (nSPS) is 16.6. The molecule has 0 aromatic carbocycles. The van der Waals surface area contributed by atoms with Crippen molar-refractivity contribution in [3.05, 3.63) is 0 Å². The number of aliphatic hydroxyl groups is 2. The summed E-state index contributed by atoms with van der Waals surface area (Å²) in [4.78, 5) is 51.6. The fraction of sp³-hybridized carbons (Fsp3) is 0.706. The fourth-order valence-electron chi connectivity index (χ4n) is 2.33. The second kappa shape index (κ2) is 13.4. The van der Waals surface area contributed by atoms with Crippen molar-refractivity contribution in [1.29, 1.82) is 0 Å². The fourth-order valence-corrected chi connectivity index (χ4v) is 2.33. The number of carbonyl (C=O) groups excluding carboxylic acids is 3. The zero-order valence-electron chi connectivity index (χ0n) is 17.7. The van der Waals surface area contributed by atoms with E-state index in [1.54, 1.807) is 0 Å². The molecule has 14 heteroatoms. The van der Waals surface area contributed by atoms with Crippen LogP contribution in [0.25, 0.3) is 0 Å². The molecule has 0 aromatic rings. The van der Waals surface area contributed by atoms with E-state index in [9.17, 15) is 29.4 Å². The summed E-state index contributed by atoms with van der Waals surface area (Å²) in [5.74, 6) is -4.07. The minimum atomic E-state index is -1.53. The van der Waals surface area contributed by atoms with Crippen molar-refractivity contribution in [3.63, 3.8) is 0 Å². The van der Waals surface area contributed by atoms with E-state index in [1.807, 2.05) is 0 Å². The van der Waals surface area contributed by atoms with Crippen LogP contribution in [0.5, 0.6) is 0 Å². The average Bonchev–Trinajstić information content (AvgIpc) is 2.65. The van der Waals surface area contributed by atoms with Gasteiger partial charge in [0.1, 0.15) is 18.1 Å². The molecule has 0 radical (unpaired) electrons. The van der Waals surface area contributed by atoms with E-state index in [-0.39, 0.29) is 18.9 Å². The lowest BCUT2D eigenvalue weighted by molar-refractivity contribution is -0.142. The van der Waals surface area contributed by atoms with Crippen molar-refractivity contribution in [3.8, 4) is 0 Å². The highest BCUT2D eigenvalue weighted by Gasteiger charge is 2.33. The summed E-state index contributed by atoms with van der Waals surface area (Å²) < 4.78 is 0. The monoisotopic (exact) mass is 447 g/mol. The molecule has 0 rings (SSSR count). The number of amides is 3. The molecule has 0 bridgehead atoms. The first-order valence-electron chi connectivity index (χ1n) is 9.58. The summed E-state index contributed by atoms with van der Waals surface area (Å²) >= 11 is 0. The lowest BCUT2D eigenvalue weighted by Crippen LogP contribution is -2.61. The van der Waals surface area contributed by atoms with Crippen LogP contribution in [0, 0.1) is 0 Å². The number of hydrogen-bond acceptors (Lipinski definition) is 8. The van der Waals surface area contributed by atoms with Gasteiger partial charge in [0.15, 0.2) is 5.96 Å². The second-order valence-corrected chi connectivity index (χ2v) is 7.08. The van der Waals surface area contributed by atoms with Crippen LogP contribution < -0.4 is 33.2 Å². The molecular weight excluding hydrogens is 414 g/mol. The van der Waals surface area contributed by atoms with Gasteiger partial charge in [0.05, 0.1) is 18.2 Å². The van der Waals surface area contributed by atoms with Gasteiger partial charge in [0, 0.05) is 6.54 Å². The molecule has 0 saturated heterocycles. The van der Waals surface area contributed by atoms with Crippen LogP contribution in [0.2, 0.25) is 0 Å². The molecule has 0 heterocycles. The van der Waals surface area contributed by atoms with E-state index in [0.717, 1.165) is 0 Å². The highest BCUT2D eigenvalue weighted by atomic mass is 16.4. The highest BCUT2D eigenvalue weighted by molar-refractivity contribution is 5.94. The number of aliphatic imine (C=N–C) groups is 1. The third kappa shape index (κ3) is 10.6. The maximum Gasteiger partial charge on any atom is 0.325 e. The van der Waals surface area contributed by atoms with Gasteiger partial charge in [-0.2, -0.15) is 0 Å². The highest BCUT2D eigenvalue weighted by Crippen LogP contribution is 2.02. The minimum Gasteiger partial charge on any atom is -0.480 e. The Balaban J connectivity index is 5.07. The maximum atomic E-state index is 12.5. The minimum absolute atomic E-state index is 0.0988. The van der Waals surface area contributed by atoms with E-state index >= 15 is 0 Å². The van der Waals surface area contributed by atoms with Crippen LogP contribution in [-0.2, 0) is 19.2 Å². The van der Waals surface area contributed by atoms with Crippen LogP contribution in [-0.4, -0.2) is 87.9 Å². The summed E-state index contributed by atoms with van der Waals surface area (Å²) in [5, 5.41) is 35.2. The number of aliphatic hydroxyl groups excluding tert-OH is 2.